The predicted octanol–water partition coefficient (Wildman–Crippen LogP) is 2.18. The number of piperidine rings is 1. The predicted molar refractivity (Wildman–Crippen MR) is 78.8 cm³/mol. The number of likely N-dealkylation sites (N-methyl/N-ethyl adjacent to an activating group) is 1. The van der Waals surface area contributed by atoms with Gasteiger partial charge < -0.3 is 10.2 Å². The first kappa shape index (κ1) is 14.9. The van der Waals surface area contributed by atoms with Gasteiger partial charge in [0.2, 0.25) is 0 Å². The summed E-state index contributed by atoms with van der Waals surface area (Å²) >= 11 is 3.11. The summed E-state index contributed by atoms with van der Waals surface area (Å²) < 4.78 is 0.372. The Morgan fingerprint density at radius 2 is 2.30 bits per heavy atom. The van der Waals surface area contributed by atoms with Gasteiger partial charge in [-0.1, -0.05) is 0 Å². The molecule has 7 heteroatoms. The zero-order chi connectivity index (χ0) is 14.7. The first-order chi connectivity index (χ1) is 9.47. The maximum Gasteiger partial charge on any atom is 0.284 e. The molecule has 1 amide bonds. The van der Waals surface area contributed by atoms with Gasteiger partial charge in [0.15, 0.2) is 0 Å². The van der Waals surface area contributed by atoms with Gasteiger partial charge in [0.25, 0.3) is 11.6 Å². The molecule has 20 heavy (non-hydrogen) atoms. The highest BCUT2D eigenvalue weighted by Gasteiger charge is 2.21. The zero-order valence-corrected chi connectivity index (χ0v) is 12.7. The van der Waals surface area contributed by atoms with Gasteiger partial charge in [-0.2, -0.15) is 0 Å². The molecule has 1 aliphatic rings. The van der Waals surface area contributed by atoms with Gasteiger partial charge in [0, 0.05) is 24.2 Å². The lowest BCUT2D eigenvalue weighted by atomic mass is 10.1. The first-order valence-electron chi connectivity index (χ1n) is 6.40. The van der Waals surface area contributed by atoms with Crippen molar-refractivity contribution < 1.29 is 9.72 Å². The Labute approximate surface area is 125 Å². The summed E-state index contributed by atoms with van der Waals surface area (Å²) in [6.45, 7) is 1.85. The van der Waals surface area contributed by atoms with Gasteiger partial charge in [0.1, 0.15) is 0 Å². The number of nitro groups is 1. The van der Waals surface area contributed by atoms with Crippen LogP contribution in [0.1, 0.15) is 23.2 Å². The van der Waals surface area contributed by atoms with E-state index in [4.69, 9.17) is 0 Å². The largest absolute Gasteiger partial charge is 0.348 e. The zero-order valence-electron chi connectivity index (χ0n) is 11.1. The molecule has 1 aliphatic heterocycles. The van der Waals surface area contributed by atoms with E-state index in [1.165, 1.54) is 12.1 Å². The molecule has 1 heterocycles. The third-order valence-electron chi connectivity index (χ3n) is 3.36. The van der Waals surface area contributed by atoms with Crippen molar-refractivity contribution in [2.24, 2.45) is 0 Å². The highest BCUT2D eigenvalue weighted by Crippen LogP contribution is 2.25. The van der Waals surface area contributed by atoms with E-state index in [0.717, 1.165) is 25.9 Å². The number of carbonyl (C=O) groups is 1. The summed E-state index contributed by atoms with van der Waals surface area (Å²) in [7, 11) is 2.02. The van der Waals surface area contributed by atoms with E-state index in [9.17, 15) is 14.9 Å². The van der Waals surface area contributed by atoms with Crippen LogP contribution in [0.3, 0.4) is 0 Å². The van der Waals surface area contributed by atoms with E-state index in [0.29, 0.717) is 10.0 Å². The molecule has 1 N–H and O–H groups in total. The number of nitrogens with one attached hydrogen (secondary N) is 1. The van der Waals surface area contributed by atoms with Crippen molar-refractivity contribution in [3.8, 4) is 0 Å². The quantitative estimate of drug-likeness (QED) is 0.675. The second kappa shape index (κ2) is 6.32. The number of amides is 1. The van der Waals surface area contributed by atoms with Gasteiger partial charge in [-0.3, -0.25) is 14.9 Å². The van der Waals surface area contributed by atoms with Crippen LogP contribution < -0.4 is 5.32 Å². The molecule has 1 aromatic carbocycles. The average molecular weight is 342 g/mol. The molecule has 1 aromatic rings. The monoisotopic (exact) mass is 341 g/mol. The van der Waals surface area contributed by atoms with Crippen LogP contribution in [0.5, 0.6) is 0 Å². The molecule has 1 fully saturated rings. The first-order valence-corrected chi connectivity index (χ1v) is 7.20. The van der Waals surface area contributed by atoms with Crippen LogP contribution in [0.15, 0.2) is 22.7 Å². The maximum atomic E-state index is 12.1. The van der Waals surface area contributed by atoms with E-state index in [2.05, 4.69) is 26.1 Å². The van der Waals surface area contributed by atoms with Crippen molar-refractivity contribution in [1.82, 2.24) is 10.2 Å². The van der Waals surface area contributed by atoms with Crippen molar-refractivity contribution in [2.75, 3.05) is 20.1 Å². The smallest absolute Gasteiger partial charge is 0.284 e. The second-order valence-electron chi connectivity index (χ2n) is 5.00. The number of benzene rings is 1. The van der Waals surface area contributed by atoms with Gasteiger partial charge >= 0.3 is 0 Å². The highest BCUT2D eigenvalue weighted by atomic mass is 79.9. The van der Waals surface area contributed by atoms with Crippen LogP contribution in [-0.2, 0) is 0 Å². The van der Waals surface area contributed by atoms with E-state index >= 15 is 0 Å². The molecular weight excluding hydrogens is 326 g/mol. The number of hydrogen-bond acceptors (Lipinski definition) is 4. The van der Waals surface area contributed by atoms with Gasteiger partial charge in [-0.15, -0.1) is 0 Å². The number of halogens is 1. The van der Waals surface area contributed by atoms with Crippen LogP contribution in [0.25, 0.3) is 0 Å². The number of nitrogens with zero attached hydrogens (tertiary/aromatic N) is 2. The number of nitro benzene ring substituents is 1. The topological polar surface area (TPSA) is 75.5 Å². The summed E-state index contributed by atoms with van der Waals surface area (Å²) in [6, 6.07) is 4.51. The molecule has 0 radical (unpaired) electrons. The van der Waals surface area contributed by atoms with E-state index in [1.54, 1.807) is 6.07 Å². The molecular formula is C13H16BrN3O3. The van der Waals surface area contributed by atoms with Crippen molar-refractivity contribution in [2.45, 2.75) is 18.9 Å². The lowest BCUT2D eigenvalue weighted by molar-refractivity contribution is -0.385. The molecule has 0 spiro atoms. The SMILES string of the molecule is CN1CCCC(NC(=O)c2ccc(Br)c([N+](=O)[O-])c2)C1. The number of likely N-dealkylation sites (tertiary alicyclic amines) is 1. The summed E-state index contributed by atoms with van der Waals surface area (Å²) in [5.41, 5.74) is 0.214. The van der Waals surface area contributed by atoms with Gasteiger partial charge in [0.05, 0.1) is 9.40 Å². The molecule has 1 unspecified atom stereocenters. The summed E-state index contributed by atoms with van der Waals surface area (Å²) in [5, 5.41) is 13.8. The minimum absolute atomic E-state index is 0.0987. The Balaban J connectivity index is 2.09. The van der Waals surface area contributed by atoms with Gasteiger partial charge in [-0.05, 0) is 54.5 Å². The summed E-state index contributed by atoms with van der Waals surface area (Å²) in [6.07, 6.45) is 1.98. The fourth-order valence-electron chi connectivity index (χ4n) is 2.35. The van der Waals surface area contributed by atoms with E-state index in [1.807, 2.05) is 7.05 Å². The van der Waals surface area contributed by atoms with E-state index in [-0.39, 0.29) is 17.6 Å². The summed E-state index contributed by atoms with van der Waals surface area (Å²) in [5.74, 6) is -0.263. The number of carbonyl (C=O) groups excluding carboxylic acids is 1. The third kappa shape index (κ3) is 3.55. The van der Waals surface area contributed by atoms with Crippen LogP contribution in [-0.4, -0.2) is 41.9 Å². The summed E-state index contributed by atoms with van der Waals surface area (Å²) in [4.78, 5) is 24.7. The molecule has 0 bridgehead atoms. The normalized spacial score (nSPS) is 19.6. The van der Waals surface area contributed by atoms with Crippen molar-refractivity contribution in [3.05, 3.63) is 38.3 Å². The molecule has 0 saturated carbocycles. The molecule has 0 aromatic heterocycles. The fourth-order valence-corrected chi connectivity index (χ4v) is 2.74. The molecule has 6 nitrogen and oxygen atoms in total. The Hall–Kier alpha value is -1.47. The molecule has 108 valence electrons. The second-order valence-corrected chi connectivity index (χ2v) is 5.85. The minimum Gasteiger partial charge on any atom is -0.348 e. The lowest BCUT2D eigenvalue weighted by Crippen LogP contribution is -2.46. The Kier molecular flexibility index (Phi) is 4.72. The lowest BCUT2D eigenvalue weighted by Gasteiger charge is -2.30. The van der Waals surface area contributed by atoms with Crippen LogP contribution in [0, 0.1) is 10.1 Å². The average Bonchev–Trinajstić information content (AvgIpc) is 2.38. The van der Waals surface area contributed by atoms with Crippen LogP contribution in [0.2, 0.25) is 0 Å². The van der Waals surface area contributed by atoms with Crippen molar-refractivity contribution in [1.29, 1.82) is 0 Å². The van der Waals surface area contributed by atoms with Crippen molar-refractivity contribution >= 4 is 27.5 Å². The Bertz CT molecular complexity index is 536. The van der Waals surface area contributed by atoms with Crippen LogP contribution >= 0.6 is 15.9 Å². The van der Waals surface area contributed by atoms with Gasteiger partial charge in [-0.25, -0.2) is 0 Å². The molecule has 2 rings (SSSR count). The minimum atomic E-state index is -0.505. The number of hydrogen-bond donors (Lipinski definition) is 1. The third-order valence-corrected chi connectivity index (χ3v) is 4.04. The highest BCUT2D eigenvalue weighted by molar-refractivity contribution is 9.10. The van der Waals surface area contributed by atoms with Crippen LogP contribution in [0.4, 0.5) is 5.69 Å². The van der Waals surface area contributed by atoms with E-state index < -0.39 is 4.92 Å². The Morgan fingerprint density at radius 1 is 1.55 bits per heavy atom. The number of rotatable bonds is 3. The van der Waals surface area contributed by atoms with Crippen molar-refractivity contribution in [3.63, 3.8) is 0 Å². The molecule has 1 atom stereocenters. The standard InChI is InChI=1S/C13H16BrN3O3/c1-16-6-2-3-10(8-16)15-13(18)9-4-5-11(14)12(7-9)17(19)20/h4-5,7,10H,2-3,6,8H2,1H3,(H,15,18). The Morgan fingerprint density at radius 3 is 2.95 bits per heavy atom. The fraction of sp³-hybridized carbons (Fsp3) is 0.462. The molecule has 0 aliphatic carbocycles. The molecule has 1 saturated heterocycles. The maximum absolute atomic E-state index is 12.1.